The quantitative estimate of drug-likeness (QED) is 0.631. The Morgan fingerprint density at radius 2 is 2.43 bits per heavy atom. The first-order valence-corrected chi connectivity index (χ1v) is 4.82. The molecule has 1 fully saturated rings. The van der Waals surface area contributed by atoms with Crippen LogP contribution in [0.5, 0.6) is 0 Å². The van der Waals surface area contributed by atoms with E-state index in [0.717, 1.165) is 13.0 Å². The number of carbonyl (C=O) groups is 2. The molecule has 2 N–H and O–H groups in total. The zero-order valence-electron chi connectivity index (χ0n) is 8.43. The Kier molecular flexibility index (Phi) is 3.68. The first kappa shape index (κ1) is 10.8. The maximum Gasteiger partial charge on any atom is 0.246 e. The Balaban J connectivity index is 2.18. The van der Waals surface area contributed by atoms with E-state index >= 15 is 0 Å². The van der Waals surface area contributed by atoms with Gasteiger partial charge in [-0.3, -0.25) is 9.59 Å². The summed E-state index contributed by atoms with van der Waals surface area (Å²) in [6, 6.07) is 0. The van der Waals surface area contributed by atoms with E-state index in [2.05, 4.69) is 17.2 Å². The molecular formula is C10H16N2O2. The molecule has 78 valence electrons. The fourth-order valence-electron chi connectivity index (χ4n) is 1.43. The van der Waals surface area contributed by atoms with E-state index in [1.54, 1.807) is 6.92 Å². The lowest BCUT2D eigenvalue weighted by Gasteiger charge is -2.07. The predicted octanol–water partition coefficient (Wildman–Crippen LogP) is 0.205. The van der Waals surface area contributed by atoms with Gasteiger partial charge in [-0.05, 0) is 19.8 Å². The summed E-state index contributed by atoms with van der Waals surface area (Å²) in [5, 5.41) is 5.47. The molecule has 1 rings (SSSR count). The first-order chi connectivity index (χ1) is 6.61. The van der Waals surface area contributed by atoms with Gasteiger partial charge in [-0.15, -0.1) is 0 Å². The summed E-state index contributed by atoms with van der Waals surface area (Å²) in [4.78, 5) is 22.2. The Labute approximate surface area is 83.8 Å². The molecule has 1 unspecified atom stereocenters. The molecule has 4 nitrogen and oxygen atoms in total. The van der Waals surface area contributed by atoms with Crippen molar-refractivity contribution in [2.75, 3.05) is 13.1 Å². The second-order valence-corrected chi connectivity index (χ2v) is 3.60. The highest BCUT2D eigenvalue weighted by molar-refractivity contribution is 5.92. The summed E-state index contributed by atoms with van der Waals surface area (Å²) in [5.74, 6) is 0.0402. The van der Waals surface area contributed by atoms with Crippen LogP contribution in [0, 0.1) is 5.92 Å². The highest BCUT2D eigenvalue weighted by Crippen LogP contribution is 2.12. The summed E-state index contributed by atoms with van der Waals surface area (Å²) in [6.07, 6.45) is 1.59. The minimum Gasteiger partial charge on any atom is -0.356 e. The van der Waals surface area contributed by atoms with Crippen molar-refractivity contribution in [2.24, 2.45) is 5.92 Å². The molecule has 0 aliphatic carbocycles. The van der Waals surface area contributed by atoms with Crippen molar-refractivity contribution in [3.63, 3.8) is 0 Å². The van der Waals surface area contributed by atoms with Gasteiger partial charge in [-0.2, -0.15) is 0 Å². The molecule has 0 saturated carbocycles. The average Bonchev–Trinajstić information content (AvgIpc) is 2.51. The van der Waals surface area contributed by atoms with Crippen molar-refractivity contribution >= 4 is 11.8 Å². The van der Waals surface area contributed by atoms with Crippen LogP contribution in [0.2, 0.25) is 0 Å². The van der Waals surface area contributed by atoms with Gasteiger partial charge in [0.2, 0.25) is 11.8 Å². The van der Waals surface area contributed by atoms with Gasteiger partial charge >= 0.3 is 0 Å². The van der Waals surface area contributed by atoms with E-state index < -0.39 is 0 Å². The van der Waals surface area contributed by atoms with Crippen molar-refractivity contribution in [1.29, 1.82) is 0 Å². The van der Waals surface area contributed by atoms with Gasteiger partial charge in [0.1, 0.15) is 0 Å². The fourth-order valence-corrected chi connectivity index (χ4v) is 1.43. The zero-order chi connectivity index (χ0) is 10.6. The summed E-state index contributed by atoms with van der Waals surface area (Å²) >= 11 is 0. The maximum atomic E-state index is 11.1. The van der Waals surface area contributed by atoms with Crippen molar-refractivity contribution in [3.05, 3.63) is 12.2 Å². The van der Waals surface area contributed by atoms with Crippen molar-refractivity contribution < 1.29 is 9.59 Å². The predicted molar refractivity (Wildman–Crippen MR) is 53.6 cm³/mol. The van der Waals surface area contributed by atoms with Gasteiger partial charge in [0.25, 0.3) is 0 Å². The largest absolute Gasteiger partial charge is 0.356 e. The highest BCUT2D eigenvalue weighted by Gasteiger charge is 2.23. The van der Waals surface area contributed by atoms with Crippen LogP contribution in [0.4, 0.5) is 0 Å². The van der Waals surface area contributed by atoms with Gasteiger partial charge in [-0.25, -0.2) is 0 Å². The molecule has 1 saturated heterocycles. The average molecular weight is 196 g/mol. The van der Waals surface area contributed by atoms with E-state index in [1.165, 1.54) is 0 Å². The number of amides is 2. The number of nitrogens with one attached hydrogen (secondary N) is 2. The molecule has 1 atom stereocenters. The van der Waals surface area contributed by atoms with Gasteiger partial charge in [0.05, 0.1) is 0 Å². The Morgan fingerprint density at radius 3 is 2.93 bits per heavy atom. The lowest BCUT2D eigenvalue weighted by molar-refractivity contribution is -0.123. The Morgan fingerprint density at radius 1 is 1.71 bits per heavy atom. The van der Waals surface area contributed by atoms with Crippen molar-refractivity contribution in [2.45, 2.75) is 19.8 Å². The van der Waals surface area contributed by atoms with Crippen LogP contribution >= 0.6 is 0 Å². The minimum atomic E-state index is -0.136. The van der Waals surface area contributed by atoms with E-state index in [-0.39, 0.29) is 17.7 Å². The van der Waals surface area contributed by atoms with E-state index in [9.17, 15) is 9.59 Å². The summed E-state index contributed by atoms with van der Waals surface area (Å²) in [7, 11) is 0. The normalized spacial score (nSPS) is 20.4. The van der Waals surface area contributed by atoms with Crippen molar-refractivity contribution in [3.8, 4) is 0 Å². The number of hydrogen-bond acceptors (Lipinski definition) is 2. The number of rotatable bonds is 4. The zero-order valence-corrected chi connectivity index (χ0v) is 8.43. The summed E-state index contributed by atoms with van der Waals surface area (Å²) < 4.78 is 0. The maximum absolute atomic E-state index is 11.1. The lowest BCUT2D eigenvalue weighted by Crippen LogP contribution is -2.28. The standard InChI is InChI=1S/C10H16N2O2/c1-7(2)9(13)11-5-3-8-4-6-12-10(8)14/h8H,1,3-6H2,2H3,(H,11,13)(H,12,14). The number of hydrogen-bond donors (Lipinski definition) is 2. The van der Waals surface area contributed by atoms with Crippen LogP contribution in [0.1, 0.15) is 19.8 Å². The van der Waals surface area contributed by atoms with Gasteiger partial charge in [0, 0.05) is 24.6 Å². The van der Waals surface area contributed by atoms with Gasteiger partial charge < -0.3 is 10.6 Å². The van der Waals surface area contributed by atoms with Gasteiger partial charge in [-0.1, -0.05) is 6.58 Å². The molecule has 2 amide bonds. The topological polar surface area (TPSA) is 58.2 Å². The molecule has 14 heavy (non-hydrogen) atoms. The molecular weight excluding hydrogens is 180 g/mol. The molecule has 0 radical (unpaired) electrons. The third-order valence-corrected chi connectivity index (χ3v) is 2.33. The fraction of sp³-hybridized carbons (Fsp3) is 0.600. The van der Waals surface area contributed by atoms with Crippen LogP contribution in [0.3, 0.4) is 0 Å². The third kappa shape index (κ3) is 2.87. The molecule has 0 bridgehead atoms. The van der Waals surface area contributed by atoms with Crippen LogP contribution in [-0.4, -0.2) is 24.9 Å². The lowest BCUT2D eigenvalue weighted by atomic mass is 10.0. The van der Waals surface area contributed by atoms with Crippen LogP contribution in [0.25, 0.3) is 0 Å². The molecule has 0 spiro atoms. The smallest absolute Gasteiger partial charge is 0.246 e. The SMILES string of the molecule is C=C(C)C(=O)NCCC1CCNC1=O. The van der Waals surface area contributed by atoms with E-state index in [0.29, 0.717) is 18.5 Å². The van der Waals surface area contributed by atoms with E-state index in [4.69, 9.17) is 0 Å². The Bertz CT molecular complexity index is 261. The second kappa shape index (κ2) is 4.79. The van der Waals surface area contributed by atoms with Crippen LogP contribution < -0.4 is 10.6 Å². The first-order valence-electron chi connectivity index (χ1n) is 4.82. The van der Waals surface area contributed by atoms with Crippen molar-refractivity contribution in [1.82, 2.24) is 10.6 Å². The summed E-state index contributed by atoms with van der Waals surface area (Å²) in [6.45, 7) is 6.50. The molecule has 0 aromatic heterocycles. The van der Waals surface area contributed by atoms with Crippen LogP contribution in [-0.2, 0) is 9.59 Å². The molecule has 1 aliphatic rings. The monoisotopic (exact) mass is 196 g/mol. The Hall–Kier alpha value is -1.32. The summed E-state index contributed by atoms with van der Waals surface area (Å²) in [5.41, 5.74) is 0.501. The number of carbonyl (C=O) groups excluding carboxylic acids is 2. The molecule has 1 aliphatic heterocycles. The van der Waals surface area contributed by atoms with E-state index in [1.807, 2.05) is 0 Å². The molecule has 1 heterocycles. The third-order valence-electron chi connectivity index (χ3n) is 2.33. The minimum absolute atomic E-state index is 0.0698. The highest BCUT2D eigenvalue weighted by atomic mass is 16.2. The van der Waals surface area contributed by atoms with Gasteiger partial charge in [0.15, 0.2) is 0 Å². The molecule has 4 heteroatoms. The molecule has 0 aromatic carbocycles. The second-order valence-electron chi connectivity index (χ2n) is 3.60. The molecule has 0 aromatic rings. The van der Waals surface area contributed by atoms with Crippen LogP contribution in [0.15, 0.2) is 12.2 Å².